The topological polar surface area (TPSA) is 61.2 Å². The molecule has 0 radical (unpaired) electrons. The predicted molar refractivity (Wildman–Crippen MR) is 82.3 cm³/mol. The van der Waals surface area contributed by atoms with Crippen LogP contribution in [-0.4, -0.2) is 15.0 Å². The van der Waals surface area contributed by atoms with Crippen LogP contribution in [0.3, 0.4) is 0 Å². The Bertz CT molecular complexity index is 827. The molecule has 0 aliphatic rings. The van der Waals surface area contributed by atoms with Crippen molar-refractivity contribution in [3.05, 3.63) is 72.6 Å². The molecule has 0 N–H and O–H groups in total. The molecule has 4 nitrogen and oxygen atoms in total. The van der Waals surface area contributed by atoms with Gasteiger partial charge in [0.15, 0.2) is 0 Å². The van der Waals surface area contributed by atoms with Crippen LogP contribution >= 0.6 is 0 Å². The molecule has 22 heavy (non-hydrogen) atoms. The van der Waals surface area contributed by atoms with E-state index in [2.05, 4.69) is 6.58 Å². The van der Waals surface area contributed by atoms with E-state index in [4.69, 9.17) is 5.26 Å². The van der Waals surface area contributed by atoms with E-state index in [1.165, 1.54) is 6.08 Å². The van der Waals surface area contributed by atoms with Crippen LogP contribution in [-0.2, 0) is 10.0 Å². The second kappa shape index (κ2) is 6.41. The average Bonchev–Trinajstić information content (AvgIpc) is 2.52. The van der Waals surface area contributed by atoms with Gasteiger partial charge in [-0.1, -0.05) is 24.3 Å². The van der Waals surface area contributed by atoms with E-state index in [0.29, 0.717) is 5.69 Å². The van der Waals surface area contributed by atoms with E-state index < -0.39 is 15.8 Å². The van der Waals surface area contributed by atoms with Crippen molar-refractivity contribution < 1.29 is 12.8 Å². The van der Waals surface area contributed by atoms with Gasteiger partial charge in [-0.25, -0.2) is 12.8 Å². The molecule has 6 heteroatoms. The number of para-hydroxylation sites is 1. The summed E-state index contributed by atoms with van der Waals surface area (Å²) in [4.78, 5) is -0.234. The molecule has 2 aromatic rings. The summed E-state index contributed by atoms with van der Waals surface area (Å²) in [5.74, 6) is -0.662. The molecule has 0 heterocycles. The first-order valence-corrected chi connectivity index (χ1v) is 7.83. The van der Waals surface area contributed by atoms with Crippen LogP contribution in [0.15, 0.2) is 66.1 Å². The smallest absolute Gasteiger partial charge is 0.262 e. The number of nitriles is 1. The Labute approximate surface area is 128 Å². The molecule has 112 valence electrons. The highest BCUT2D eigenvalue weighted by Gasteiger charge is 2.27. The minimum atomic E-state index is -4.00. The molecule has 0 saturated heterocycles. The summed E-state index contributed by atoms with van der Waals surface area (Å²) in [6.07, 6.45) is 1.44. The molecule has 0 fully saturated rings. The summed E-state index contributed by atoms with van der Waals surface area (Å²) in [5, 5.41) is 9.07. The maximum atomic E-state index is 13.2. The van der Waals surface area contributed by atoms with E-state index in [9.17, 15) is 12.8 Å². The molecule has 0 spiro atoms. The second-order valence-electron chi connectivity index (χ2n) is 4.41. The Kier molecular flexibility index (Phi) is 4.59. The van der Waals surface area contributed by atoms with Gasteiger partial charge in [0, 0.05) is 0 Å². The van der Waals surface area contributed by atoms with Crippen molar-refractivity contribution in [2.45, 2.75) is 4.90 Å². The third kappa shape index (κ3) is 3.00. The number of halogens is 1. The third-order valence-electron chi connectivity index (χ3n) is 2.97. The number of sulfonamides is 1. The molecule has 0 atom stereocenters. The summed E-state index contributed by atoms with van der Waals surface area (Å²) in [6.45, 7) is 3.60. The van der Waals surface area contributed by atoms with Gasteiger partial charge in [-0.15, -0.1) is 6.58 Å². The standard InChI is InChI=1S/C16H13FN2O2S/c1-2-10-19(15-6-4-3-5-7-15)22(20,21)16-9-8-14(17)11-13(16)12-18/h2-9,11H,1,10H2. The van der Waals surface area contributed by atoms with Gasteiger partial charge >= 0.3 is 0 Å². The Hall–Kier alpha value is -2.65. The number of hydrogen-bond acceptors (Lipinski definition) is 3. The fourth-order valence-corrected chi connectivity index (χ4v) is 3.55. The van der Waals surface area contributed by atoms with E-state index in [0.717, 1.165) is 22.5 Å². The van der Waals surface area contributed by atoms with Crippen LogP contribution in [0, 0.1) is 17.1 Å². The van der Waals surface area contributed by atoms with E-state index in [1.807, 2.05) is 0 Å². The molecule has 2 aromatic carbocycles. The summed E-state index contributed by atoms with van der Waals surface area (Å²) in [5.41, 5.74) is 0.209. The quantitative estimate of drug-likeness (QED) is 0.796. The summed E-state index contributed by atoms with van der Waals surface area (Å²) in [6, 6.07) is 13.2. The largest absolute Gasteiger partial charge is 0.265 e. The van der Waals surface area contributed by atoms with Gasteiger partial charge in [0.2, 0.25) is 0 Å². The fourth-order valence-electron chi connectivity index (χ4n) is 1.99. The fraction of sp³-hybridized carbons (Fsp3) is 0.0625. The van der Waals surface area contributed by atoms with Crippen molar-refractivity contribution in [1.29, 1.82) is 5.26 Å². The van der Waals surface area contributed by atoms with Crippen molar-refractivity contribution in [1.82, 2.24) is 0 Å². The number of benzene rings is 2. The zero-order valence-electron chi connectivity index (χ0n) is 11.6. The van der Waals surface area contributed by atoms with Gasteiger partial charge in [-0.3, -0.25) is 4.31 Å². The van der Waals surface area contributed by atoms with Gasteiger partial charge < -0.3 is 0 Å². The average molecular weight is 316 g/mol. The Morgan fingerprint density at radius 2 is 1.91 bits per heavy atom. The molecular weight excluding hydrogens is 303 g/mol. The molecule has 0 unspecified atom stereocenters. The highest BCUT2D eigenvalue weighted by Crippen LogP contribution is 2.26. The van der Waals surface area contributed by atoms with Crippen LogP contribution in [0.1, 0.15) is 5.56 Å². The third-order valence-corrected chi connectivity index (χ3v) is 4.82. The zero-order chi connectivity index (χ0) is 16.2. The second-order valence-corrected chi connectivity index (χ2v) is 6.24. The minimum absolute atomic E-state index is 0.0363. The molecule has 2 rings (SSSR count). The molecule has 0 aliphatic carbocycles. The van der Waals surface area contributed by atoms with Crippen molar-refractivity contribution >= 4 is 15.7 Å². The first-order chi connectivity index (χ1) is 10.5. The van der Waals surface area contributed by atoms with Gasteiger partial charge in [0.05, 0.1) is 17.8 Å². The minimum Gasteiger partial charge on any atom is -0.262 e. The first kappa shape index (κ1) is 15.7. The number of hydrogen-bond donors (Lipinski definition) is 0. The monoisotopic (exact) mass is 316 g/mol. The number of anilines is 1. The van der Waals surface area contributed by atoms with Crippen molar-refractivity contribution in [2.24, 2.45) is 0 Å². The van der Waals surface area contributed by atoms with Crippen LogP contribution in [0.2, 0.25) is 0 Å². The maximum absolute atomic E-state index is 13.2. The number of nitrogens with zero attached hydrogens (tertiary/aromatic N) is 2. The lowest BCUT2D eigenvalue weighted by atomic mass is 10.2. The Morgan fingerprint density at radius 3 is 2.50 bits per heavy atom. The number of rotatable bonds is 5. The SMILES string of the molecule is C=CCN(c1ccccc1)S(=O)(=O)c1ccc(F)cc1C#N. The highest BCUT2D eigenvalue weighted by molar-refractivity contribution is 7.92. The zero-order valence-corrected chi connectivity index (χ0v) is 12.4. The summed E-state index contributed by atoms with van der Waals surface area (Å²) < 4.78 is 40.0. The maximum Gasteiger partial charge on any atom is 0.265 e. The predicted octanol–water partition coefficient (Wildman–Crippen LogP) is 3.08. The molecule has 0 saturated carbocycles. The van der Waals surface area contributed by atoms with Gasteiger partial charge in [0.25, 0.3) is 10.0 Å². The van der Waals surface area contributed by atoms with Crippen LogP contribution in [0.25, 0.3) is 0 Å². The Morgan fingerprint density at radius 1 is 1.23 bits per heavy atom. The lowest BCUT2D eigenvalue weighted by molar-refractivity contribution is 0.591. The lowest BCUT2D eigenvalue weighted by Crippen LogP contribution is -2.31. The van der Waals surface area contributed by atoms with Crippen LogP contribution < -0.4 is 4.31 Å². The van der Waals surface area contributed by atoms with Gasteiger partial charge in [-0.05, 0) is 30.3 Å². The molecule has 0 aliphatic heterocycles. The van der Waals surface area contributed by atoms with Crippen LogP contribution in [0.5, 0.6) is 0 Å². The highest BCUT2D eigenvalue weighted by atomic mass is 32.2. The van der Waals surface area contributed by atoms with Crippen molar-refractivity contribution in [2.75, 3.05) is 10.8 Å². The molecule has 0 amide bonds. The van der Waals surface area contributed by atoms with Crippen molar-refractivity contribution in [3.8, 4) is 6.07 Å². The van der Waals surface area contributed by atoms with Crippen LogP contribution in [0.4, 0.5) is 10.1 Å². The van der Waals surface area contributed by atoms with E-state index >= 15 is 0 Å². The summed E-state index contributed by atoms with van der Waals surface area (Å²) in [7, 11) is -4.00. The lowest BCUT2D eigenvalue weighted by Gasteiger charge is -2.23. The van der Waals surface area contributed by atoms with Gasteiger partial charge in [0.1, 0.15) is 16.8 Å². The Balaban J connectivity index is 2.61. The first-order valence-electron chi connectivity index (χ1n) is 6.39. The molecule has 0 aromatic heterocycles. The van der Waals surface area contributed by atoms with E-state index in [1.54, 1.807) is 36.4 Å². The normalized spacial score (nSPS) is 10.7. The molecule has 0 bridgehead atoms. The van der Waals surface area contributed by atoms with Gasteiger partial charge in [-0.2, -0.15) is 5.26 Å². The van der Waals surface area contributed by atoms with E-state index in [-0.39, 0.29) is 17.0 Å². The molecular formula is C16H13FN2O2S. The van der Waals surface area contributed by atoms with Crippen molar-refractivity contribution in [3.63, 3.8) is 0 Å². The summed E-state index contributed by atoms with van der Waals surface area (Å²) >= 11 is 0.